The van der Waals surface area contributed by atoms with Gasteiger partial charge >= 0.3 is 0 Å². The summed E-state index contributed by atoms with van der Waals surface area (Å²) in [6.07, 6.45) is -0.356. The van der Waals surface area contributed by atoms with E-state index in [0.717, 1.165) is 16.9 Å². The van der Waals surface area contributed by atoms with Crippen molar-refractivity contribution in [1.29, 1.82) is 0 Å². The first kappa shape index (κ1) is 17.2. The number of aliphatic hydroxyl groups excluding tert-OH is 1. The first-order chi connectivity index (χ1) is 12.1. The molecule has 1 aliphatic heterocycles. The summed E-state index contributed by atoms with van der Waals surface area (Å²) in [4.78, 5) is 0. The van der Waals surface area contributed by atoms with Crippen LogP contribution in [-0.4, -0.2) is 39.1 Å². The van der Waals surface area contributed by atoms with Crippen LogP contribution < -0.4 is 18.9 Å². The van der Waals surface area contributed by atoms with Gasteiger partial charge in [-0.25, -0.2) is 0 Å². The van der Waals surface area contributed by atoms with E-state index in [9.17, 15) is 5.11 Å². The molecule has 0 spiro atoms. The Morgan fingerprint density at radius 2 is 1.68 bits per heavy atom. The fourth-order valence-corrected chi connectivity index (χ4v) is 3.16. The largest absolute Gasteiger partial charge is 0.497 e. The molecule has 0 aliphatic carbocycles. The van der Waals surface area contributed by atoms with E-state index in [0.29, 0.717) is 22.8 Å². The summed E-state index contributed by atoms with van der Waals surface area (Å²) in [5.74, 6) is 2.63. The first-order valence-corrected chi connectivity index (χ1v) is 7.98. The molecule has 132 valence electrons. The number of fused-ring (bicyclic) bond motifs is 1. The maximum Gasteiger partial charge on any atom is 0.164 e. The summed E-state index contributed by atoms with van der Waals surface area (Å²) >= 11 is 0. The van der Waals surface area contributed by atoms with Gasteiger partial charge in [-0.15, -0.1) is 0 Å². The molecule has 5 nitrogen and oxygen atoms in total. The van der Waals surface area contributed by atoms with E-state index in [1.54, 1.807) is 21.3 Å². The second kappa shape index (κ2) is 7.07. The Bertz CT molecular complexity index is 766. The van der Waals surface area contributed by atoms with Crippen molar-refractivity contribution >= 4 is 0 Å². The third-order valence-corrected chi connectivity index (χ3v) is 4.49. The molecule has 5 heteroatoms. The molecule has 2 aromatic rings. The van der Waals surface area contributed by atoms with Crippen molar-refractivity contribution in [3.63, 3.8) is 0 Å². The maximum absolute atomic E-state index is 9.57. The highest BCUT2D eigenvalue weighted by Crippen LogP contribution is 2.48. The molecule has 1 heterocycles. The molecule has 0 unspecified atom stereocenters. The van der Waals surface area contributed by atoms with Gasteiger partial charge in [0.05, 0.1) is 33.9 Å². The molecular formula is C20H22O5. The average molecular weight is 342 g/mol. The number of rotatable bonds is 6. The van der Waals surface area contributed by atoms with Crippen molar-refractivity contribution in [1.82, 2.24) is 0 Å². The molecule has 1 aliphatic rings. The van der Waals surface area contributed by atoms with Crippen LogP contribution in [0, 0.1) is 0 Å². The van der Waals surface area contributed by atoms with Gasteiger partial charge in [-0.2, -0.15) is 0 Å². The lowest BCUT2D eigenvalue weighted by atomic mass is 9.85. The topological polar surface area (TPSA) is 57.2 Å². The number of benzene rings is 2. The number of aliphatic hydroxyl groups is 1. The molecule has 0 saturated heterocycles. The monoisotopic (exact) mass is 342 g/mol. The third-order valence-electron chi connectivity index (χ3n) is 4.49. The summed E-state index contributed by atoms with van der Waals surface area (Å²) in [6, 6.07) is 11.6. The van der Waals surface area contributed by atoms with Crippen LogP contribution >= 0.6 is 0 Å². The first-order valence-electron chi connectivity index (χ1n) is 7.98. The van der Waals surface area contributed by atoms with Gasteiger partial charge in [0.15, 0.2) is 11.5 Å². The lowest BCUT2D eigenvalue weighted by molar-refractivity contribution is 0.222. The molecule has 0 fully saturated rings. The van der Waals surface area contributed by atoms with Crippen LogP contribution in [0.5, 0.6) is 23.0 Å². The highest BCUT2D eigenvalue weighted by atomic mass is 16.5. The van der Waals surface area contributed by atoms with Crippen molar-refractivity contribution in [3.05, 3.63) is 59.7 Å². The zero-order valence-electron chi connectivity index (χ0n) is 14.6. The Hall–Kier alpha value is -2.66. The van der Waals surface area contributed by atoms with Gasteiger partial charge in [0.2, 0.25) is 0 Å². The van der Waals surface area contributed by atoms with E-state index in [-0.39, 0.29) is 18.6 Å². The van der Waals surface area contributed by atoms with Crippen LogP contribution in [0.25, 0.3) is 0 Å². The van der Waals surface area contributed by atoms with E-state index < -0.39 is 0 Å². The molecule has 0 aromatic heterocycles. The Kier molecular flexibility index (Phi) is 4.86. The zero-order chi connectivity index (χ0) is 18.0. The van der Waals surface area contributed by atoms with E-state index in [2.05, 4.69) is 6.58 Å². The van der Waals surface area contributed by atoms with Gasteiger partial charge in [0, 0.05) is 11.6 Å². The molecule has 0 amide bonds. The minimum Gasteiger partial charge on any atom is -0.497 e. The number of ether oxygens (including phenoxy) is 4. The van der Waals surface area contributed by atoms with Crippen molar-refractivity contribution < 1.29 is 24.1 Å². The normalized spacial score (nSPS) is 18.2. The van der Waals surface area contributed by atoms with E-state index in [4.69, 9.17) is 18.9 Å². The van der Waals surface area contributed by atoms with Crippen molar-refractivity contribution in [3.8, 4) is 23.0 Å². The fourth-order valence-electron chi connectivity index (χ4n) is 3.16. The van der Waals surface area contributed by atoms with Gasteiger partial charge < -0.3 is 24.1 Å². The second-order valence-electron chi connectivity index (χ2n) is 5.85. The Morgan fingerprint density at radius 1 is 1.04 bits per heavy atom. The molecule has 0 saturated carbocycles. The van der Waals surface area contributed by atoms with E-state index >= 15 is 0 Å². The highest BCUT2D eigenvalue weighted by Gasteiger charge is 2.38. The SMILES string of the molecule is C=C(CO)[C@H]1Oc2cc(OC)c(OC)cc2[C@@H]1c1ccc(OC)cc1. The van der Waals surface area contributed by atoms with Gasteiger partial charge in [0.25, 0.3) is 0 Å². The average Bonchev–Trinajstić information content (AvgIpc) is 3.04. The van der Waals surface area contributed by atoms with E-state index in [1.807, 2.05) is 36.4 Å². The van der Waals surface area contributed by atoms with Crippen LogP contribution in [0.1, 0.15) is 17.0 Å². The quantitative estimate of drug-likeness (QED) is 0.817. The lowest BCUT2D eigenvalue weighted by Gasteiger charge is -2.21. The molecular weight excluding hydrogens is 320 g/mol. The van der Waals surface area contributed by atoms with Gasteiger partial charge in [-0.3, -0.25) is 0 Å². The Balaban J connectivity index is 2.10. The van der Waals surface area contributed by atoms with Crippen molar-refractivity contribution in [2.24, 2.45) is 0 Å². The van der Waals surface area contributed by atoms with E-state index in [1.165, 1.54) is 0 Å². The Labute approximate surface area is 147 Å². The van der Waals surface area contributed by atoms with Gasteiger partial charge in [-0.1, -0.05) is 18.7 Å². The molecule has 25 heavy (non-hydrogen) atoms. The van der Waals surface area contributed by atoms with Crippen molar-refractivity contribution in [2.45, 2.75) is 12.0 Å². The van der Waals surface area contributed by atoms with Crippen LogP contribution in [0.4, 0.5) is 0 Å². The summed E-state index contributed by atoms with van der Waals surface area (Å²) < 4.78 is 22.1. The molecule has 2 aromatic carbocycles. The summed E-state index contributed by atoms with van der Waals surface area (Å²) in [5.41, 5.74) is 2.64. The zero-order valence-corrected chi connectivity index (χ0v) is 14.6. The summed E-state index contributed by atoms with van der Waals surface area (Å²) in [6.45, 7) is 3.83. The Morgan fingerprint density at radius 3 is 2.24 bits per heavy atom. The number of methoxy groups -OCH3 is 3. The number of hydrogen-bond donors (Lipinski definition) is 1. The molecule has 0 radical (unpaired) electrons. The lowest BCUT2D eigenvalue weighted by Crippen LogP contribution is -2.23. The second-order valence-corrected chi connectivity index (χ2v) is 5.85. The van der Waals surface area contributed by atoms with Gasteiger partial charge in [0.1, 0.15) is 17.6 Å². The summed E-state index contributed by atoms with van der Waals surface area (Å²) in [5, 5.41) is 9.57. The van der Waals surface area contributed by atoms with Gasteiger partial charge in [-0.05, 0) is 29.3 Å². The smallest absolute Gasteiger partial charge is 0.164 e. The molecule has 2 atom stereocenters. The number of hydrogen-bond acceptors (Lipinski definition) is 5. The molecule has 1 N–H and O–H groups in total. The summed E-state index contributed by atoms with van der Waals surface area (Å²) in [7, 11) is 4.83. The highest BCUT2D eigenvalue weighted by molar-refractivity contribution is 5.58. The maximum atomic E-state index is 9.57. The third kappa shape index (κ3) is 3.03. The van der Waals surface area contributed by atoms with Crippen LogP contribution in [-0.2, 0) is 0 Å². The predicted molar refractivity (Wildman–Crippen MR) is 95.0 cm³/mol. The van der Waals surface area contributed by atoms with Crippen molar-refractivity contribution in [2.75, 3.05) is 27.9 Å². The minimum atomic E-state index is -0.356. The standard InChI is InChI=1S/C20H22O5/c1-12(11-21)20-19(13-5-7-14(22-2)8-6-13)15-9-17(23-3)18(24-4)10-16(15)25-20/h5-10,19-21H,1,11H2,2-4H3/t19-,20+/m0/s1. The van der Waals surface area contributed by atoms with Crippen LogP contribution in [0.2, 0.25) is 0 Å². The molecule has 0 bridgehead atoms. The van der Waals surface area contributed by atoms with Crippen LogP contribution in [0.3, 0.4) is 0 Å². The minimum absolute atomic E-state index is 0.0969. The predicted octanol–water partition coefficient (Wildman–Crippen LogP) is 3.15. The van der Waals surface area contributed by atoms with Crippen LogP contribution in [0.15, 0.2) is 48.6 Å². The fraction of sp³-hybridized carbons (Fsp3) is 0.300. The molecule has 3 rings (SSSR count).